The van der Waals surface area contributed by atoms with Crippen LogP contribution in [0.1, 0.15) is 25.7 Å². The number of piperidine rings is 1. The van der Waals surface area contributed by atoms with Gasteiger partial charge in [0.1, 0.15) is 12.1 Å². The Hall–Kier alpha value is -1.16. The molecule has 1 fully saturated rings. The Morgan fingerprint density at radius 1 is 1.50 bits per heavy atom. The van der Waals surface area contributed by atoms with Crippen LogP contribution in [0.5, 0.6) is 0 Å². The van der Waals surface area contributed by atoms with Gasteiger partial charge in [-0.3, -0.25) is 0 Å². The van der Waals surface area contributed by atoms with Crippen LogP contribution in [0.2, 0.25) is 0 Å². The van der Waals surface area contributed by atoms with Crippen LogP contribution in [0.4, 0.5) is 5.82 Å². The number of anilines is 1. The van der Waals surface area contributed by atoms with Crippen molar-refractivity contribution in [3.63, 3.8) is 0 Å². The molecule has 4 heteroatoms. The van der Waals surface area contributed by atoms with Crippen molar-refractivity contribution in [2.45, 2.75) is 31.7 Å². The van der Waals surface area contributed by atoms with Gasteiger partial charge in [0.15, 0.2) is 0 Å². The fourth-order valence-electron chi connectivity index (χ4n) is 2.37. The van der Waals surface area contributed by atoms with Gasteiger partial charge in [-0.1, -0.05) is 0 Å². The molecule has 2 rings (SSSR count). The average molecular weight is 220 g/mol. The first kappa shape index (κ1) is 11.3. The highest BCUT2D eigenvalue weighted by Gasteiger charge is 2.22. The van der Waals surface area contributed by atoms with E-state index in [2.05, 4.69) is 20.2 Å². The molecule has 1 N–H and O–H groups in total. The van der Waals surface area contributed by atoms with Crippen molar-refractivity contribution in [3.8, 4) is 0 Å². The number of hydrogen-bond donors (Lipinski definition) is 1. The molecule has 2 heterocycles. The summed E-state index contributed by atoms with van der Waals surface area (Å²) in [5, 5.41) is 3.23. The van der Waals surface area contributed by atoms with Crippen molar-refractivity contribution in [1.82, 2.24) is 15.3 Å². The first-order chi connectivity index (χ1) is 7.92. The monoisotopic (exact) mass is 220 g/mol. The molecule has 0 radical (unpaired) electrons. The molecule has 1 aromatic heterocycles. The predicted octanol–water partition coefficient (Wildman–Crippen LogP) is 1.44. The summed E-state index contributed by atoms with van der Waals surface area (Å²) < 4.78 is 0. The Morgan fingerprint density at radius 2 is 2.44 bits per heavy atom. The maximum absolute atomic E-state index is 4.36. The van der Waals surface area contributed by atoms with Gasteiger partial charge in [0.2, 0.25) is 0 Å². The molecule has 0 spiro atoms. The third-order valence-corrected chi connectivity index (χ3v) is 3.22. The van der Waals surface area contributed by atoms with Gasteiger partial charge >= 0.3 is 0 Å². The van der Waals surface area contributed by atoms with E-state index in [0.29, 0.717) is 6.04 Å². The van der Waals surface area contributed by atoms with E-state index in [9.17, 15) is 0 Å². The van der Waals surface area contributed by atoms with Crippen molar-refractivity contribution >= 4 is 5.82 Å². The van der Waals surface area contributed by atoms with Crippen LogP contribution < -0.4 is 10.2 Å². The molecule has 0 bridgehead atoms. The zero-order valence-corrected chi connectivity index (χ0v) is 9.89. The van der Waals surface area contributed by atoms with Crippen LogP contribution in [-0.4, -0.2) is 36.1 Å². The molecule has 1 aromatic rings. The number of hydrogen-bond acceptors (Lipinski definition) is 4. The Morgan fingerprint density at radius 3 is 3.19 bits per heavy atom. The largest absolute Gasteiger partial charge is 0.353 e. The standard InChI is InChI=1S/C12H20N4/c1-13-7-5-11-4-2-3-9-16(11)12-6-8-14-10-15-12/h6,8,10-11,13H,2-5,7,9H2,1H3. The lowest BCUT2D eigenvalue weighted by atomic mass is 9.99. The van der Waals surface area contributed by atoms with Gasteiger partial charge in [-0.05, 0) is 45.3 Å². The second-order valence-corrected chi connectivity index (χ2v) is 4.30. The van der Waals surface area contributed by atoms with Crippen LogP contribution in [0.25, 0.3) is 0 Å². The van der Waals surface area contributed by atoms with Gasteiger partial charge < -0.3 is 10.2 Å². The predicted molar refractivity (Wildman–Crippen MR) is 65.6 cm³/mol. The molecule has 1 aliphatic heterocycles. The zero-order valence-electron chi connectivity index (χ0n) is 9.89. The Labute approximate surface area is 97.1 Å². The highest BCUT2D eigenvalue weighted by molar-refractivity contribution is 5.38. The SMILES string of the molecule is CNCCC1CCCCN1c1ccncn1. The minimum absolute atomic E-state index is 0.635. The number of nitrogens with one attached hydrogen (secondary N) is 1. The minimum Gasteiger partial charge on any atom is -0.353 e. The summed E-state index contributed by atoms with van der Waals surface area (Å²) in [6.07, 6.45) is 8.56. The molecule has 1 unspecified atom stereocenters. The normalized spacial score (nSPS) is 21.1. The molecule has 1 atom stereocenters. The third-order valence-electron chi connectivity index (χ3n) is 3.22. The Bertz CT molecular complexity index is 301. The fraction of sp³-hybridized carbons (Fsp3) is 0.667. The van der Waals surface area contributed by atoms with Crippen LogP contribution in [0.15, 0.2) is 18.6 Å². The lowest BCUT2D eigenvalue weighted by Gasteiger charge is -2.36. The van der Waals surface area contributed by atoms with Gasteiger partial charge in [0.25, 0.3) is 0 Å². The minimum atomic E-state index is 0.635. The molecular weight excluding hydrogens is 200 g/mol. The molecular formula is C12H20N4. The van der Waals surface area contributed by atoms with E-state index < -0.39 is 0 Å². The Balaban J connectivity index is 2.04. The summed E-state index contributed by atoms with van der Waals surface area (Å²) in [6.45, 7) is 2.21. The lowest BCUT2D eigenvalue weighted by molar-refractivity contribution is 0.430. The summed E-state index contributed by atoms with van der Waals surface area (Å²) >= 11 is 0. The molecule has 0 amide bonds. The van der Waals surface area contributed by atoms with Crippen LogP contribution >= 0.6 is 0 Å². The fourth-order valence-corrected chi connectivity index (χ4v) is 2.37. The van der Waals surface area contributed by atoms with Gasteiger partial charge in [0, 0.05) is 18.8 Å². The molecule has 0 aromatic carbocycles. The third kappa shape index (κ3) is 2.70. The van der Waals surface area contributed by atoms with E-state index in [1.807, 2.05) is 19.3 Å². The highest BCUT2D eigenvalue weighted by Crippen LogP contribution is 2.24. The van der Waals surface area contributed by atoms with Gasteiger partial charge in [-0.2, -0.15) is 0 Å². The first-order valence-corrected chi connectivity index (χ1v) is 6.09. The summed E-state index contributed by atoms with van der Waals surface area (Å²) in [4.78, 5) is 10.8. The molecule has 1 saturated heterocycles. The molecule has 0 saturated carbocycles. The summed E-state index contributed by atoms with van der Waals surface area (Å²) in [5.74, 6) is 1.08. The van der Waals surface area contributed by atoms with Gasteiger partial charge in [-0.25, -0.2) is 9.97 Å². The quantitative estimate of drug-likeness (QED) is 0.833. The second-order valence-electron chi connectivity index (χ2n) is 4.30. The van der Waals surface area contributed by atoms with E-state index in [1.54, 1.807) is 6.33 Å². The average Bonchev–Trinajstić information content (AvgIpc) is 2.38. The summed E-state index contributed by atoms with van der Waals surface area (Å²) in [7, 11) is 2.01. The van der Waals surface area contributed by atoms with Gasteiger partial charge in [0.05, 0.1) is 0 Å². The van der Waals surface area contributed by atoms with Crippen LogP contribution in [0, 0.1) is 0 Å². The summed E-state index contributed by atoms with van der Waals surface area (Å²) in [5.41, 5.74) is 0. The maximum Gasteiger partial charge on any atom is 0.132 e. The van der Waals surface area contributed by atoms with Crippen LogP contribution in [0.3, 0.4) is 0 Å². The first-order valence-electron chi connectivity index (χ1n) is 6.09. The second kappa shape index (κ2) is 5.80. The molecule has 16 heavy (non-hydrogen) atoms. The molecule has 0 aliphatic carbocycles. The van der Waals surface area contributed by atoms with E-state index in [1.165, 1.54) is 25.7 Å². The Kier molecular flexibility index (Phi) is 4.10. The van der Waals surface area contributed by atoms with Crippen molar-refractivity contribution in [3.05, 3.63) is 18.6 Å². The van der Waals surface area contributed by atoms with E-state index in [0.717, 1.165) is 18.9 Å². The maximum atomic E-state index is 4.36. The van der Waals surface area contributed by atoms with E-state index >= 15 is 0 Å². The smallest absolute Gasteiger partial charge is 0.132 e. The van der Waals surface area contributed by atoms with Crippen LogP contribution in [-0.2, 0) is 0 Å². The molecule has 1 aliphatic rings. The summed E-state index contributed by atoms with van der Waals surface area (Å²) in [6, 6.07) is 2.65. The van der Waals surface area contributed by atoms with Gasteiger partial charge in [-0.15, -0.1) is 0 Å². The highest BCUT2D eigenvalue weighted by atomic mass is 15.2. The van der Waals surface area contributed by atoms with Crippen molar-refractivity contribution in [1.29, 1.82) is 0 Å². The van der Waals surface area contributed by atoms with Crippen molar-refractivity contribution < 1.29 is 0 Å². The topological polar surface area (TPSA) is 41.0 Å². The number of rotatable bonds is 4. The van der Waals surface area contributed by atoms with E-state index in [-0.39, 0.29) is 0 Å². The zero-order chi connectivity index (χ0) is 11.2. The lowest BCUT2D eigenvalue weighted by Crippen LogP contribution is -2.41. The van der Waals surface area contributed by atoms with E-state index in [4.69, 9.17) is 0 Å². The molecule has 88 valence electrons. The van der Waals surface area contributed by atoms with Crippen molar-refractivity contribution in [2.75, 3.05) is 25.0 Å². The number of nitrogens with zero attached hydrogens (tertiary/aromatic N) is 3. The molecule has 4 nitrogen and oxygen atoms in total. The van der Waals surface area contributed by atoms with Crippen molar-refractivity contribution in [2.24, 2.45) is 0 Å². The number of aromatic nitrogens is 2.